The van der Waals surface area contributed by atoms with E-state index in [1.54, 1.807) is 20.8 Å². The number of hydrogen-bond acceptors (Lipinski definition) is 5. The van der Waals surface area contributed by atoms with Crippen molar-refractivity contribution in [1.82, 2.24) is 0 Å². The van der Waals surface area contributed by atoms with Crippen LogP contribution < -0.4 is 4.46 Å². The zero-order valence-electron chi connectivity index (χ0n) is 12.5. The summed E-state index contributed by atoms with van der Waals surface area (Å²) in [5.74, 6) is -0.522. The minimum absolute atomic E-state index is 0.220. The summed E-state index contributed by atoms with van der Waals surface area (Å²) in [6.07, 6.45) is 0. The molecule has 1 atom stereocenters. The van der Waals surface area contributed by atoms with Crippen molar-refractivity contribution in [2.45, 2.75) is 25.3 Å². The van der Waals surface area contributed by atoms with Gasteiger partial charge in [0.1, 0.15) is 0 Å². The standard InChI is InChI=1S/C14H21O5PSe/c1-4-17-13(15)14(20(16,18-5-2)19-6-3)21-12-10-8-7-9-11-12/h7-11,14H,4-6H2,1-3H3. The Hall–Kier alpha value is -0.641. The van der Waals surface area contributed by atoms with Crippen molar-refractivity contribution in [2.75, 3.05) is 19.8 Å². The second kappa shape index (κ2) is 9.39. The van der Waals surface area contributed by atoms with E-state index in [4.69, 9.17) is 13.8 Å². The molecule has 5 nitrogen and oxygen atoms in total. The van der Waals surface area contributed by atoms with E-state index in [1.165, 1.54) is 0 Å². The summed E-state index contributed by atoms with van der Waals surface area (Å²) in [6.45, 7) is 5.85. The molecular weight excluding hydrogens is 358 g/mol. The van der Waals surface area contributed by atoms with Crippen LogP contribution in [0.25, 0.3) is 0 Å². The first-order valence-corrected chi connectivity index (χ1v) is 10.3. The first-order chi connectivity index (χ1) is 10.1. The maximum atomic E-state index is 12.9. The van der Waals surface area contributed by atoms with E-state index in [-0.39, 0.29) is 19.8 Å². The Morgan fingerprint density at radius 3 is 2.14 bits per heavy atom. The molecule has 1 aromatic carbocycles. The third-order valence-electron chi connectivity index (χ3n) is 2.38. The van der Waals surface area contributed by atoms with Crippen LogP contribution in [0.5, 0.6) is 0 Å². The maximum absolute atomic E-state index is 12.9. The fourth-order valence-corrected chi connectivity index (χ4v) is 6.90. The molecule has 0 heterocycles. The monoisotopic (exact) mass is 380 g/mol. The van der Waals surface area contributed by atoms with Gasteiger partial charge in [0, 0.05) is 0 Å². The quantitative estimate of drug-likeness (QED) is 0.374. The van der Waals surface area contributed by atoms with Gasteiger partial charge in [-0.1, -0.05) is 0 Å². The van der Waals surface area contributed by atoms with Gasteiger partial charge in [-0.2, -0.15) is 0 Å². The van der Waals surface area contributed by atoms with Gasteiger partial charge in [-0.3, -0.25) is 0 Å². The Kier molecular flexibility index (Phi) is 8.23. The van der Waals surface area contributed by atoms with Gasteiger partial charge < -0.3 is 0 Å². The molecule has 1 rings (SSSR count). The summed E-state index contributed by atoms with van der Waals surface area (Å²) in [5.41, 5.74) is 0. The van der Waals surface area contributed by atoms with Gasteiger partial charge in [-0.25, -0.2) is 0 Å². The molecule has 0 radical (unpaired) electrons. The van der Waals surface area contributed by atoms with Crippen molar-refractivity contribution in [2.24, 2.45) is 0 Å². The summed E-state index contributed by atoms with van der Waals surface area (Å²) in [6, 6.07) is 9.45. The van der Waals surface area contributed by atoms with Gasteiger partial charge in [0.2, 0.25) is 0 Å². The minimum atomic E-state index is -3.53. The van der Waals surface area contributed by atoms with Crippen LogP contribution in [0.2, 0.25) is 0 Å². The zero-order chi connectivity index (χ0) is 15.7. The van der Waals surface area contributed by atoms with Gasteiger partial charge in [0.25, 0.3) is 0 Å². The molecule has 21 heavy (non-hydrogen) atoms. The molecule has 0 bridgehead atoms. The molecule has 1 aromatic rings. The first-order valence-electron chi connectivity index (χ1n) is 6.84. The van der Waals surface area contributed by atoms with Gasteiger partial charge in [0.15, 0.2) is 0 Å². The number of rotatable bonds is 9. The molecule has 0 fully saturated rings. The van der Waals surface area contributed by atoms with E-state index in [9.17, 15) is 9.36 Å². The van der Waals surface area contributed by atoms with Crippen LogP contribution in [-0.2, 0) is 23.1 Å². The van der Waals surface area contributed by atoms with Crippen LogP contribution in [0.4, 0.5) is 0 Å². The molecule has 0 saturated heterocycles. The predicted octanol–water partition coefficient (Wildman–Crippen LogP) is 2.17. The predicted molar refractivity (Wildman–Crippen MR) is 83.1 cm³/mol. The van der Waals surface area contributed by atoms with Crippen LogP contribution >= 0.6 is 7.60 Å². The number of esters is 1. The summed E-state index contributed by atoms with van der Waals surface area (Å²) < 4.78 is 28.7. The topological polar surface area (TPSA) is 61.8 Å². The summed E-state index contributed by atoms with van der Waals surface area (Å²) in [5, 5.41) is 0. The van der Waals surface area contributed by atoms with Crippen LogP contribution in [-0.4, -0.2) is 45.3 Å². The summed E-state index contributed by atoms with van der Waals surface area (Å²) >= 11 is -0.395. The molecular formula is C14H21O5PSe. The Morgan fingerprint density at radius 2 is 1.67 bits per heavy atom. The van der Waals surface area contributed by atoms with Gasteiger partial charge in [-0.15, -0.1) is 0 Å². The fraction of sp³-hybridized carbons (Fsp3) is 0.500. The first kappa shape index (κ1) is 18.4. The van der Waals surface area contributed by atoms with Gasteiger partial charge in [-0.05, 0) is 0 Å². The average Bonchev–Trinajstić information content (AvgIpc) is 2.46. The molecule has 0 spiro atoms. The Balaban J connectivity index is 3.05. The fourth-order valence-electron chi connectivity index (χ4n) is 1.62. The van der Waals surface area contributed by atoms with Crippen LogP contribution in [0.15, 0.2) is 30.3 Å². The Bertz CT molecular complexity index is 470. The van der Waals surface area contributed by atoms with Crippen molar-refractivity contribution >= 4 is 33.0 Å². The molecule has 7 heteroatoms. The third kappa shape index (κ3) is 5.57. The molecule has 0 amide bonds. The molecule has 118 valence electrons. The van der Waals surface area contributed by atoms with Crippen molar-refractivity contribution in [3.63, 3.8) is 0 Å². The number of hydrogen-bond donors (Lipinski definition) is 0. The molecule has 0 aromatic heterocycles. The SMILES string of the molecule is CCOC(=O)C([Se]c1ccccc1)P(=O)(OCC)OCC. The van der Waals surface area contributed by atoms with Crippen LogP contribution in [0.3, 0.4) is 0 Å². The van der Waals surface area contributed by atoms with Crippen LogP contribution in [0, 0.1) is 0 Å². The van der Waals surface area contributed by atoms with E-state index in [0.29, 0.717) is 0 Å². The zero-order valence-corrected chi connectivity index (χ0v) is 15.1. The Labute approximate surface area is 132 Å². The average molecular weight is 379 g/mol. The molecule has 1 unspecified atom stereocenters. The van der Waals surface area contributed by atoms with Crippen molar-refractivity contribution in [3.8, 4) is 0 Å². The van der Waals surface area contributed by atoms with E-state index < -0.39 is 33.1 Å². The number of carbonyl (C=O) groups is 1. The number of ether oxygens (including phenoxy) is 1. The number of carbonyl (C=O) groups excluding carboxylic acids is 1. The summed E-state index contributed by atoms with van der Waals surface area (Å²) in [4.78, 5) is 12.2. The van der Waals surface area contributed by atoms with Crippen molar-refractivity contribution < 1.29 is 23.1 Å². The normalized spacial score (nSPS) is 12.9. The van der Waals surface area contributed by atoms with Gasteiger partial charge >= 0.3 is 132 Å². The van der Waals surface area contributed by atoms with Crippen molar-refractivity contribution in [1.29, 1.82) is 0 Å². The Morgan fingerprint density at radius 1 is 1.10 bits per heavy atom. The van der Waals surface area contributed by atoms with E-state index in [2.05, 4.69) is 0 Å². The van der Waals surface area contributed by atoms with Gasteiger partial charge in [0.05, 0.1) is 0 Å². The molecule has 0 aliphatic rings. The molecule has 0 saturated carbocycles. The molecule has 0 N–H and O–H groups in total. The van der Waals surface area contributed by atoms with Crippen LogP contribution in [0.1, 0.15) is 20.8 Å². The third-order valence-corrected chi connectivity index (χ3v) is 8.59. The van der Waals surface area contributed by atoms with E-state index in [1.807, 2.05) is 30.3 Å². The molecule has 0 aliphatic heterocycles. The second-order valence-electron chi connectivity index (χ2n) is 3.91. The molecule has 0 aliphatic carbocycles. The second-order valence-corrected chi connectivity index (χ2v) is 9.28. The number of benzene rings is 1. The van der Waals surface area contributed by atoms with E-state index in [0.717, 1.165) is 4.46 Å². The van der Waals surface area contributed by atoms with Crippen molar-refractivity contribution in [3.05, 3.63) is 30.3 Å². The summed E-state index contributed by atoms with van der Waals surface area (Å²) in [7, 11) is -3.53. The van der Waals surface area contributed by atoms with E-state index >= 15 is 0 Å².